The summed E-state index contributed by atoms with van der Waals surface area (Å²) in [6.45, 7) is 1.80. The molecule has 1 aromatic carbocycles. The van der Waals surface area contributed by atoms with Crippen LogP contribution in [0.4, 0.5) is 5.82 Å². The third-order valence-electron chi connectivity index (χ3n) is 5.08. The second kappa shape index (κ2) is 6.39. The average molecular weight is 370 g/mol. The maximum absolute atomic E-state index is 13.2. The molecule has 1 fully saturated rings. The van der Waals surface area contributed by atoms with Crippen LogP contribution < -0.4 is 5.73 Å². The predicted molar refractivity (Wildman–Crippen MR) is 101 cm³/mol. The molecule has 3 N–H and O–H groups in total. The van der Waals surface area contributed by atoms with E-state index in [4.69, 9.17) is 5.73 Å². The number of aryl methyl sites for hydroxylation is 1. The van der Waals surface area contributed by atoms with E-state index in [1.54, 1.807) is 37.3 Å². The van der Waals surface area contributed by atoms with Crippen LogP contribution in [0.5, 0.6) is 0 Å². The van der Waals surface area contributed by atoms with Crippen molar-refractivity contribution in [1.29, 1.82) is 0 Å². The second-order valence-electron chi connectivity index (χ2n) is 6.90. The van der Waals surface area contributed by atoms with Crippen molar-refractivity contribution in [3.05, 3.63) is 41.9 Å². The van der Waals surface area contributed by atoms with Crippen molar-refractivity contribution in [2.75, 3.05) is 5.73 Å². The normalized spacial score (nSPS) is 16.2. The molecule has 136 valence electrons. The minimum absolute atomic E-state index is 0.0567. The Bertz CT molecular complexity index is 1050. The van der Waals surface area contributed by atoms with Gasteiger partial charge in [0.25, 0.3) is 0 Å². The number of H-pyrrole nitrogens is 1. The van der Waals surface area contributed by atoms with Gasteiger partial charge in [0.2, 0.25) is 9.84 Å². The number of hydrogen-bond acceptors (Lipinski definition) is 5. The summed E-state index contributed by atoms with van der Waals surface area (Å²) in [6, 6.07) is 8.33. The molecule has 1 aliphatic rings. The fourth-order valence-electron chi connectivity index (χ4n) is 3.86. The molecule has 2 aromatic heterocycles. The van der Waals surface area contributed by atoms with Crippen molar-refractivity contribution in [3.8, 4) is 0 Å². The van der Waals surface area contributed by atoms with Crippen molar-refractivity contribution in [2.45, 2.75) is 54.7 Å². The molecule has 1 aliphatic carbocycles. The SMILES string of the molecule is Cc1nc(C2CCCCC2)c2[nH]c(N)c(S(=O)(=O)c3ccccc3)c2n1. The monoisotopic (exact) mass is 370 g/mol. The highest BCUT2D eigenvalue weighted by molar-refractivity contribution is 7.92. The third-order valence-corrected chi connectivity index (χ3v) is 6.93. The molecule has 0 aliphatic heterocycles. The zero-order valence-corrected chi connectivity index (χ0v) is 15.5. The topological polar surface area (TPSA) is 102 Å². The van der Waals surface area contributed by atoms with E-state index in [1.165, 1.54) is 19.3 Å². The number of sulfone groups is 1. The van der Waals surface area contributed by atoms with Crippen molar-refractivity contribution in [1.82, 2.24) is 15.0 Å². The highest BCUT2D eigenvalue weighted by Gasteiger charge is 2.30. The Kier molecular flexibility index (Phi) is 4.19. The first kappa shape index (κ1) is 17.0. The Labute approximate surface area is 152 Å². The molecule has 0 saturated heterocycles. The van der Waals surface area contributed by atoms with Gasteiger partial charge in [0.15, 0.2) is 0 Å². The Balaban J connectivity index is 1.95. The summed E-state index contributed by atoms with van der Waals surface area (Å²) in [7, 11) is -3.76. The van der Waals surface area contributed by atoms with E-state index in [9.17, 15) is 8.42 Å². The van der Waals surface area contributed by atoms with Crippen LogP contribution in [-0.2, 0) is 9.84 Å². The maximum Gasteiger partial charge on any atom is 0.212 e. The number of rotatable bonds is 3. The molecule has 7 heteroatoms. The second-order valence-corrected chi connectivity index (χ2v) is 8.79. The highest BCUT2D eigenvalue weighted by atomic mass is 32.2. The number of fused-ring (bicyclic) bond motifs is 1. The van der Waals surface area contributed by atoms with Gasteiger partial charge < -0.3 is 10.7 Å². The standard InChI is InChI=1S/C19H22N4O2S/c1-12-21-15(13-8-4-2-5-9-13)16-17(22-12)18(19(20)23-16)26(24,25)14-10-6-3-7-11-14/h3,6-7,10-11,13,23H,2,4-5,8-9,20H2,1H3. The van der Waals surface area contributed by atoms with Gasteiger partial charge in [0, 0.05) is 5.92 Å². The van der Waals surface area contributed by atoms with Crippen LogP contribution in [0.3, 0.4) is 0 Å². The summed E-state index contributed by atoms with van der Waals surface area (Å²) in [6.07, 6.45) is 5.70. The summed E-state index contributed by atoms with van der Waals surface area (Å²) in [5.41, 5.74) is 8.08. The molecule has 2 heterocycles. The molecule has 3 aromatic rings. The lowest BCUT2D eigenvalue weighted by Crippen LogP contribution is -2.09. The number of nitrogens with zero attached hydrogens (tertiary/aromatic N) is 2. The molecule has 1 saturated carbocycles. The number of aromatic nitrogens is 3. The van der Waals surface area contributed by atoms with Crippen LogP contribution in [0.15, 0.2) is 40.1 Å². The molecule has 0 bridgehead atoms. The van der Waals surface area contributed by atoms with Crippen LogP contribution in [0.25, 0.3) is 11.0 Å². The van der Waals surface area contributed by atoms with Crippen LogP contribution in [-0.4, -0.2) is 23.4 Å². The lowest BCUT2D eigenvalue weighted by Gasteiger charge is -2.21. The van der Waals surface area contributed by atoms with E-state index >= 15 is 0 Å². The molecule has 0 amide bonds. The predicted octanol–water partition coefficient (Wildman–Crippen LogP) is 3.73. The lowest BCUT2D eigenvalue weighted by molar-refractivity contribution is 0.438. The van der Waals surface area contributed by atoms with Crippen LogP contribution in [0.2, 0.25) is 0 Å². The van der Waals surface area contributed by atoms with Crippen LogP contribution in [0, 0.1) is 6.92 Å². The largest absolute Gasteiger partial charge is 0.384 e. The molecule has 0 spiro atoms. The quantitative estimate of drug-likeness (QED) is 0.731. The molecule has 0 unspecified atom stereocenters. The first-order valence-electron chi connectivity index (χ1n) is 8.94. The molecule has 6 nitrogen and oxygen atoms in total. The van der Waals surface area contributed by atoms with Gasteiger partial charge in [0.05, 0.1) is 16.1 Å². The number of aromatic amines is 1. The maximum atomic E-state index is 13.2. The first-order valence-corrected chi connectivity index (χ1v) is 10.4. The summed E-state index contributed by atoms with van der Waals surface area (Å²) in [5.74, 6) is 1.01. The highest BCUT2D eigenvalue weighted by Crippen LogP contribution is 2.38. The van der Waals surface area contributed by atoms with Gasteiger partial charge >= 0.3 is 0 Å². The van der Waals surface area contributed by atoms with E-state index in [0.717, 1.165) is 18.5 Å². The van der Waals surface area contributed by atoms with Crippen molar-refractivity contribution in [2.24, 2.45) is 0 Å². The van der Waals surface area contributed by atoms with E-state index in [1.807, 2.05) is 0 Å². The summed E-state index contributed by atoms with van der Waals surface area (Å²) >= 11 is 0. The molecule has 26 heavy (non-hydrogen) atoms. The fourth-order valence-corrected chi connectivity index (χ4v) is 5.36. The van der Waals surface area contributed by atoms with Gasteiger partial charge in [0.1, 0.15) is 22.1 Å². The minimum Gasteiger partial charge on any atom is -0.384 e. The van der Waals surface area contributed by atoms with Crippen LogP contribution in [0.1, 0.15) is 49.5 Å². The van der Waals surface area contributed by atoms with Crippen LogP contribution >= 0.6 is 0 Å². The van der Waals surface area contributed by atoms with Crippen molar-refractivity contribution >= 4 is 26.7 Å². The molecule has 0 atom stereocenters. The van der Waals surface area contributed by atoms with Gasteiger partial charge in [-0.2, -0.15) is 0 Å². The Morgan fingerprint density at radius 1 is 1.08 bits per heavy atom. The smallest absolute Gasteiger partial charge is 0.212 e. The van der Waals surface area contributed by atoms with Gasteiger partial charge in [-0.05, 0) is 31.9 Å². The Hall–Kier alpha value is -2.41. The zero-order chi connectivity index (χ0) is 18.3. The zero-order valence-electron chi connectivity index (χ0n) is 14.7. The molecule has 4 rings (SSSR count). The molecular formula is C19H22N4O2S. The number of benzene rings is 1. The number of nitrogen functional groups attached to an aromatic ring is 1. The fraction of sp³-hybridized carbons (Fsp3) is 0.368. The number of hydrogen-bond donors (Lipinski definition) is 2. The average Bonchev–Trinajstić information content (AvgIpc) is 2.99. The first-order chi connectivity index (χ1) is 12.5. The van der Waals surface area contributed by atoms with Gasteiger partial charge in [-0.25, -0.2) is 18.4 Å². The minimum atomic E-state index is -3.76. The van der Waals surface area contributed by atoms with E-state index in [-0.39, 0.29) is 15.6 Å². The molecular weight excluding hydrogens is 348 g/mol. The summed E-state index contributed by atoms with van der Waals surface area (Å²) in [4.78, 5) is 12.4. The van der Waals surface area contributed by atoms with Gasteiger partial charge in [-0.3, -0.25) is 0 Å². The molecule has 0 radical (unpaired) electrons. The Morgan fingerprint density at radius 3 is 2.46 bits per heavy atom. The van der Waals surface area contributed by atoms with Crippen molar-refractivity contribution in [3.63, 3.8) is 0 Å². The lowest BCUT2D eigenvalue weighted by atomic mass is 9.86. The Morgan fingerprint density at radius 2 is 1.77 bits per heavy atom. The number of anilines is 1. The van der Waals surface area contributed by atoms with E-state index in [2.05, 4.69) is 15.0 Å². The summed E-state index contributed by atoms with van der Waals surface area (Å²) < 4.78 is 26.3. The van der Waals surface area contributed by atoms with E-state index < -0.39 is 9.84 Å². The van der Waals surface area contributed by atoms with Gasteiger partial charge in [-0.1, -0.05) is 37.5 Å². The van der Waals surface area contributed by atoms with Gasteiger partial charge in [-0.15, -0.1) is 0 Å². The summed E-state index contributed by atoms with van der Waals surface area (Å²) in [5, 5.41) is 0. The van der Waals surface area contributed by atoms with E-state index in [0.29, 0.717) is 22.8 Å². The van der Waals surface area contributed by atoms with Crippen molar-refractivity contribution < 1.29 is 8.42 Å². The number of nitrogens with two attached hydrogens (primary N) is 1. The third kappa shape index (κ3) is 2.76. The number of nitrogens with one attached hydrogen (secondary N) is 1.